The number of nitrogens with zero attached hydrogens (tertiary/aromatic N) is 1. The number of hydrogen-bond acceptors (Lipinski definition) is 2. The number of para-hydroxylation sites is 1. The predicted octanol–water partition coefficient (Wildman–Crippen LogP) is 2.09. The summed E-state index contributed by atoms with van der Waals surface area (Å²) in [6.45, 7) is 5.84. The molecule has 0 saturated carbocycles. The van der Waals surface area contributed by atoms with Crippen molar-refractivity contribution in [2.24, 2.45) is 0 Å². The molecule has 0 aliphatic carbocycles. The Morgan fingerprint density at radius 3 is 2.53 bits per heavy atom. The van der Waals surface area contributed by atoms with E-state index in [1.54, 1.807) is 4.31 Å². The van der Waals surface area contributed by atoms with Gasteiger partial charge in [-0.1, -0.05) is 25.1 Å². The minimum Gasteiger partial charge on any atom is -0.264 e. The Hall–Kier alpha value is -0.813. The molecule has 1 aromatic carbocycles. The van der Waals surface area contributed by atoms with Gasteiger partial charge in [-0.05, 0) is 31.0 Å². The summed E-state index contributed by atoms with van der Waals surface area (Å²) in [5.74, 6) is 0.103. The first-order valence-electron chi connectivity index (χ1n) is 5.59. The molecule has 1 aromatic rings. The molecule has 0 amide bonds. The van der Waals surface area contributed by atoms with Gasteiger partial charge in [0.15, 0.2) is 0 Å². The fourth-order valence-corrected chi connectivity index (χ4v) is 4.43. The van der Waals surface area contributed by atoms with Crippen molar-refractivity contribution in [2.75, 3.05) is 4.31 Å². The Labute approximate surface area is 106 Å². The molecule has 3 nitrogen and oxygen atoms in total. The molecule has 1 aliphatic rings. The Morgan fingerprint density at radius 1 is 1.35 bits per heavy atom. The lowest BCUT2D eigenvalue weighted by molar-refractivity contribution is 0.489. The summed E-state index contributed by atoms with van der Waals surface area (Å²) in [5.41, 5.74) is 1.27. The maximum absolute atomic E-state index is 12.3. The van der Waals surface area contributed by atoms with Crippen LogP contribution in [-0.4, -0.2) is 24.2 Å². The number of anilines is 1. The van der Waals surface area contributed by atoms with Crippen molar-refractivity contribution in [3.8, 4) is 0 Å². The van der Waals surface area contributed by atoms with Crippen LogP contribution in [0, 0.1) is 0 Å². The van der Waals surface area contributed by atoms with Gasteiger partial charge in [-0.3, -0.25) is 4.31 Å². The molecule has 1 heterocycles. The van der Waals surface area contributed by atoms with Gasteiger partial charge in [0.2, 0.25) is 10.0 Å². The molecule has 91 valence electrons. The van der Waals surface area contributed by atoms with E-state index in [4.69, 9.17) is 0 Å². The van der Waals surface area contributed by atoms with E-state index in [-0.39, 0.29) is 11.3 Å². The Bertz CT molecular complexity index is 537. The molecule has 1 unspecified atom stereocenters. The van der Waals surface area contributed by atoms with Gasteiger partial charge in [-0.2, -0.15) is 0 Å². The summed E-state index contributed by atoms with van der Waals surface area (Å²) in [4.78, 5) is 0. The van der Waals surface area contributed by atoms with E-state index in [0.717, 1.165) is 11.3 Å². The van der Waals surface area contributed by atoms with E-state index < -0.39 is 15.6 Å². The van der Waals surface area contributed by atoms with Crippen molar-refractivity contribution < 1.29 is 8.42 Å². The molecular formula is C12H16NO2SSi. The van der Waals surface area contributed by atoms with Gasteiger partial charge in [0.25, 0.3) is 0 Å². The molecule has 5 heteroatoms. The zero-order chi connectivity index (χ0) is 12.8. The van der Waals surface area contributed by atoms with Crippen LogP contribution in [0.2, 0.25) is 5.54 Å². The molecule has 17 heavy (non-hydrogen) atoms. The van der Waals surface area contributed by atoms with Crippen LogP contribution in [0.15, 0.2) is 24.3 Å². The van der Waals surface area contributed by atoms with Crippen LogP contribution >= 0.6 is 0 Å². The van der Waals surface area contributed by atoms with Gasteiger partial charge in [0.05, 0.1) is 11.4 Å². The van der Waals surface area contributed by atoms with Gasteiger partial charge < -0.3 is 0 Å². The molecule has 1 atom stereocenters. The van der Waals surface area contributed by atoms with Crippen LogP contribution in [0.5, 0.6) is 0 Å². The highest BCUT2D eigenvalue weighted by Gasteiger charge is 2.43. The number of benzene rings is 1. The second-order valence-electron chi connectivity index (χ2n) is 5.02. The largest absolute Gasteiger partial charge is 0.264 e. The van der Waals surface area contributed by atoms with Gasteiger partial charge in [-0.25, -0.2) is 8.42 Å². The SMILES string of the molecule is CC([Si])C(C)(C)N1c2ccccc2CS1(=O)=O. The third-order valence-electron chi connectivity index (χ3n) is 3.41. The summed E-state index contributed by atoms with van der Waals surface area (Å²) >= 11 is 0. The van der Waals surface area contributed by atoms with Gasteiger partial charge in [0, 0.05) is 15.8 Å². The summed E-state index contributed by atoms with van der Waals surface area (Å²) in [6, 6.07) is 7.50. The van der Waals surface area contributed by atoms with Crippen LogP contribution in [0.3, 0.4) is 0 Å². The molecule has 0 fully saturated rings. The molecule has 0 N–H and O–H groups in total. The third kappa shape index (κ3) is 1.91. The first kappa shape index (κ1) is 12.6. The standard InChI is InChI=1S/C12H16NO2SSi/c1-9(17)12(2,3)13-11-7-5-4-6-10(11)8-16(13,14)15/h4-7,9H,8H2,1-3H3. The third-order valence-corrected chi connectivity index (χ3v) is 6.02. The Balaban J connectivity index is 2.60. The molecule has 0 spiro atoms. The van der Waals surface area contributed by atoms with Crippen LogP contribution < -0.4 is 4.31 Å². The average molecular weight is 266 g/mol. The van der Waals surface area contributed by atoms with Crippen molar-refractivity contribution in [2.45, 2.75) is 37.6 Å². The van der Waals surface area contributed by atoms with Crippen molar-refractivity contribution in [1.29, 1.82) is 0 Å². The van der Waals surface area contributed by atoms with Crippen molar-refractivity contribution in [3.05, 3.63) is 29.8 Å². The lowest BCUT2D eigenvalue weighted by Gasteiger charge is -2.39. The number of sulfonamides is 1. The highest BCUT2D eigenvalue weighted by molar-refractivity contribution is 7.92. The maximum atomic E-state index is 12.3. The van der Waals surface area contributed by atoms with Gasteiger partial charge in [-0.15, -0.1) is 0 Å². The zero-order valence-corrected chi connectivity index (χ0v) is 12.1. The maximum Gasteiger partial charge on any atom is 0.239 e. The predicted molar refractivity (Wildman–Crippen MR) is 70.8 cm³/mol. The van der Waals surface area contributed by atoms with Crippen LogP contribution in [0.4, 0.5) is 5.69 Å². The lowest BCUT2D eigenvalue weighted by Crippen LogP contribution is -2.48. The number of hydrogen-bond donors (Lipinski definition) is 0. The molecule has 2 rings (SSSR count). The molecule has 0 saturated heterocycles. The minimum absolute atomic E-state index is 0.0587. The minimum atomic E-state index is -3.25. The molecular weight excluding hydrogens is 250 g/mol. The van der Waals surface area contributed by atoms with E-state index in [0.29, 0.717) is 0 Å². The fraction of sp³-hybridized carbons (Fsp3) is 0.500. The van der Waals surface area contributed by atoms with Gasteiger partial charge >= 0.3 is 0 Å². The average Bonchev–Trinajstić information content (AvgIpc) is 2.47. The second kappa shape index (κ2) is 3.85. The first-order chi connectivity index (χ1) is 7.77. The summed E-state index contributed by atoms with van der Waals surface area (Å²) in [7, 11) is 0.310. The topological polar surface area (TPSA) is 37.4 Å². The molecule has 0 bridgehead atoms. The van der Waals surface area contributed by atoms with Crippen molar-refractivity contribution >= 4 is 26.0 Å². The van der Waals surface area contributed by atoms with E-state index in [9.17, 15) is 8.42 Å². The van der Waals surface area contributed by atoms with E-state index >= 15 is 0 Å². The lowest BCUT2D eigenvalue weighted by atomic mass is 10.00. The number of rotatable bonds is 2. The van der Waals surface area contributed by atoms with Crippen molar-refractivity contribution in [3.63, 3.8) is 0 Å². The Morgan fingerprint density at radius 2 is 1.94 bits per heavy atom. The highest BCUT2D eigenvalue weighted by Crippen LogP contribution is 2.42. The van der Waals surface area contributed by atoms with E-state index in [1.807, 2.05) is 45.0 Å². The second-order valence-corrected chi connectivity index (χ2v) is 7.71. The van der Waals surface area contributed by atoms with Crippen LogP contribution in [0.25, 0.3) is 0 Å². The monoisotopic (exact) mass is 266 g/mol. The smallest absolute Gasteiger partial charge is 0.239 e. The quantitative estimate of drug-likeness (QED) is 0.769. The van der Waals surface area contributed by atoms with Crippen LogP contribution in [0.1, 0.15) is 26.3 Å². The highest BCUT2D eigenvalue weighted by atomic mass is 32.2. The van der Waals surface area contributed by atoms with Gasteiger partial charge in [0.1, 0.15) is 0 Å². The van der Waals surface area contributed by atoms with Crippen molar-refractivity contribution in [1.82, 2.24) is 0 Å². The summed E-state index contributed by atoms with van der Waals surface area (Å²) in [5, 5.41) is 0. The summed E-state index contributed by atoms with van der Waals surface area (Å²) in [6.07, 6.45) is 0. The zero-order valence-electron chi connectivity index (χ0n) is 10.3. The van der Waals surface area contributed by atoms with E-state index in [2.05, 4.69) is 10.2 Å². The summed E-state index contributed by atoms with van der Waals surface area (Å²) < 4.78 is 26.1. The molecule has 1 aliphatic heterocycles. The fourth-order valence-electron chi connectivity index (χ4n) is 2.09. The first-order valence-corrected chi connectivity index (χ1v) is 7.77. The molecule has 0 aromatic heterocycles. The Kier molecular flexibility index (Phi) is 2.86. The normalized spacial score (nSPS) is 20.1. The van der Waals surface area contributed by atoms with E-state index in [1.165, 1.54) is 0 Å². The van der Waals surface area contributed by atoms with Crippen LogP contribution in [-0.2, 0) is 15.8 Å². The number of fused-ring (bicyclic) bond motifs is 1. The molecule has 3 radical (unpaired) electrons.